The molecule has 0 saturated heterocycles. The van der Waals surface area contributed by atoms with E-state index >= 15 is 0 Å². The average molecular weight is 213 g/mol. The largest absolute Gasteiger partial charge is 0.342 e. The van der Waals surface area contributed by atoms with E-state index in [1.165, 1.54) is 0 Å². The summed E-state index contributed by atoms with van der Waals surface area (Å²) < 4.78 is 0.374. The molecule has 2 rings (SSSR count). The maximum atomic E-state index is 8.68. The maximum absolute atomic E-state index is 8.68. The van der Waals surface area contributed by atoms with Gasteiger partial charge >= 0.3 is 0 Å². The fraction of sp³-hybridized carbons (Fsp3) is 0. The van der Waals surface area contributed by atoms with Gasteiger partial charge in [0, 0.05) is 0 Å². The lowest BCUT2D eigenvalue weighted by atomic mass is 10.2. The van der Waals surface area contributed by atoms with Gasteiger partial charge in [-0.3, -0.25) is 0 Å². The van der Waals surface area contributed by atoms with Crippen molar-refractivity contribution < 1.29 is 0 Å². The molecular formula is C11H7N3S. The topological polar surface area (TPSA) is 52.5 Å². The number of H-pyrrole nitrogens is 1. The Balaban J connectivity index is 2.54. The van der Waals surface area contributed by atoms with Crippen LogP contribution in [-0.2, 0) is 0 Å². The summed E-state index contributed by atoms with van der Waals surface area (Å²) in [6.45, 7) is 0. The predicted molar refractivity (Wildman–Crippen MR) is 59.6 cm³/mol. The normalized spacial score (nSPS) is 9.53. The molecule has 2 aromatic rings. The van der Waals surface area contributed by atoms with E-state index < -0.39 is 0 Å². The molecule has 0 bridgehead atoms. The summed E-state index contributed by atoms with van der Waals surface area (Å²) in [7, 11) is 0. The molecule has 0 aliphatic carbocycles. The van der Waals surface area contributed by atoms with Gasteiger partial charge in [-0.2, -0.15) is 5.26 Å². The van der Waals surface area contributed by atoms with Crippen molar-refractivity contribution in [2.24, 2.45) is 0 Å². The summed E-state index contributed by atoms with van der Waals surface area (Å²) >= 11 is 5.00. The molecule has 0 fully saturated rings. The van der Waals surface area contributed by atoms with Crippen LogP contribution in [0.4, 0.5) is 0 Å². The van der Waals surface area contributed by atoms with E-state index in [2.05, 4.69) is 9.97 Å². The second-order valence-corrected chi connectivity index (χ2v) is 3.36. The Hall–Kier alpha value is -1.99. The molecule has 15 heavy (non-hydrogen) atoms. The Bertz CT molecular complexity index is 566. The van der Waals surface area contributed by atoms with Crippen LogP contribution in [-0.4, -0.2) is 9.97 Å². The summed E-state index contributed by atoms with van der Waals surface area (Å²) in [5.74, 6) is 0. The highest BCUT2D eigenvalue weighted by atomic mass is 32.1. The van der Waals surface area contributed by atoms with Gasteiger partial charge in [-0.1, -0.05) is 42.5 Å². The van der Waals surface area contributed by atoms with Crippen molar-refractivity contribution in [2.75, 3.05) is 0 Å². The van der Waals surface area contributed by atoms with Gasteiger partial charge in [0.05, 0.1) is 11.9 Å². The first-order valence-corrected chi connectivity index (χ1v) is 4.77. The number of nitriles is 1. The SMILES string of the molecule is N#Cc1ncc(-c2ccccc2)[nH]c1=S. The minimum atomic E-state index is 0.254. The summed E-state index contributed by atoms with van der Waals surface area (Å²) in [6.07, 6.45) is 1.61. The molecule has 0 spiro atoms. The fourth-order valence-electron chi connectivity index (χ4n) is 1.25. The second-order valence-electron chi connectivity index (χ2n) is 2.95. The van der Waals surface area contributed by atoms with Crippen molar-refractivity contribution in [3.63, 3.8) is 0 Å². The van der Waals surface area contributed by atoms with Crippen LogP contribution in [0.1, 0.15) is 5.69 Å². The van der Waals surface area contributed by atoms with Gasteiger partial charge in [-0.15, -0.1) is 0 Å². The summed E-state index contributed by atoms with van der Waals surface area (Å²) in [6, 6.07) is 11.6. The Morgan fingerprint density at radius 3 is 2.60 bits per heavy atom. The van der Waals surface area contributed by atoms with Crippen LogP contribution in [0.5, 0.6) is 0 Å². The molecule has 3 nitrogen and oxygen atoms in total. The van der Waals surface area contributed by atoms with E-state index in [0.29, 0.717) is 4.64 Å². The molecule has 4 heteroatoms. The van der Waals surface area contributed by atoms with Crippen LogP contribution >= 0.6 is 12.2 Å². The minimum Gasteiger partial charge on any atom is -0.342 e. The minimum absolute atomic E-state index is 0.254. The first kappa shape index (κ1) is 9.56. The number of hydrogen-bond donors (Lipinski definition) is 1. The van der Waals surface area contributed by atoms with Crippen LogP contribution in [0.15, 0.2) is 36.5 Å². The monoisotopic (exact) mass is 213 g/mol. The number of nitrogens with one attached hydrogen (secondary N) is 1. The standard InChI is InChI=1S/C11H7N3S/c12-6-9-11(15)14-10(7-13-9)8-4-2-1-3-5-8/h1-5,7H,(H,14,15). The molecule has 1 aromatic carbocycles. The third-order valence-corrected chi connectivity index (χ3v) is 2.27. The molecule has 0 atom stereocenters. The van der Waals surface area contributed by atoms with Gasteiger partial charge < -0.3 is 4.98 Å². The average Bonchev–Trinajstić information content (AvgIpc) is 2.30. The van der Waals surface area contributed by atoms with Crippen LogP contribution in [0, 0.1) is 16.0 Å². The van der Waals surface area contributed by atoms with Gasteiger partial charge in [-0.05, 0) is 5.56 Å². The van der Waals surface area contributed by atoms with Crippen LogP contribution < -0.4 is 0 Å². The van der Waals surface area contributed by atoms with E-state index in [4.69, 9.17) is 17.5 Å². The molecule has 0 unspecified atom stereocenters. The van der Waals surface area contributed by atoms with Gasteiger partial charge in [0.1, 0.15) is 10.7 Å². The number of hydrogen-bond acceptors (Lipinski definition) is 3. The summed E-state index contributed by atoms with van der Waals surface area (Å²) in [5.41, 5.74) is 2.07. The van der Waals surface area contributed by atoms with Crippen LogP contribution in [0.25, 0.3) is 11.3 Å². The van der Waals surface area contributed by atoms with E-state index in [9.17, 15) is 0 Å². The Labute approximate surface area is 92.0 Å². The fourth-order valence-corrected chi connectivity index (χ4v) is 1.45. The summed E-state index contributed by atoms with van der Waals surface area (Å²) in [4.78, 5) is 6.95. The predicted octanol–water partition coefficient (Wildman–Crippen LogP) is 2.68. The highest BCUT2D eigenvalue weighted by Gasteiger charge is 2.00. The van der Waals surface area contributed by atoms with Crippen molar-refractivity contribution in [2.45, 2.75) is 0 Å². The smallest absolute Gasteiger partial charge is 0.175 e. The molecule has 1 N–H and O–H groups in total. The lowest BCUT2D eigenvalue weighted by Crippen LogP contribution is -1.90. The van der Waals surface area contributed by atoms with E-state index in [1.807, 2.05) is 36.4 Å². The second kappa shape index (κ2) is 4.03. The third kappa shape index (κ3) is 1.92. The molecule has 0 amide bonds. The van der Waals surface area contributed by atoms with Gasteiger partial charge in [0.25, 0.3) is 0 Å². The number of nitrogens with zero attached hydrogens (tertiary/aromatic N) is 2. The van der Waals surface area contributed by atoms with Crippen LogP contribution in [0.2, 0.25) is 0 Å². The van der Waals surface area contributed by atoms with Gasteiger partial charge in [0.15, 0.2) is 5.69 Å². The molecular weight excluding hydrogens is 206 g/mol. The number of aromatic nitrogens is 2. The van der Waals surface area contributed by atoms with Gasteiger partial charge in [0.2, 0.25) is 0 Å². The molecule has 1 aromatic heterocycles. The van der Waals surface area contributed by atoms with Crippen LogP contribution in [0.3, 0.4) is 0 Å². The highest BCUT2D eigenvalue weighted by Crippen LogP contribution is 2.15. The van der Waals surface area contributed by atoms with Crippen molar-refractivity contribution in [3.8, 4) is 17.3 Å². The lowest BCUT2D eigenvalue weighted by molar-refractivity contribution is 1.15. The molecule has 0 aliphatic rings. The lowest BCUT2D eigenvalue weighted by Gasteiger charge is -2.00. The summed E-state index contributed by atoms with van der Waals surface area (Å²) in [5, 5.41) is 8.68. The zero-order valence-corrected chi connectivity index (χ0v) is 8.58. The highest BCUT2D eigenvalue weighted by molar-refractivity contribution is 7.71. The van der Waals surface area contributed by atoms with E-state index in [0.717, 1.165) is 11.3 Å². The van der Waals surface area contributed by atoms with E-state index in [-0.39, 0.29) is 5.69 Å². The van der Waals surface area contributed by atoms with Crippen molar-refractivity contribution in [3.05, 3.63) is 46.9 Å². The Kier molecular flexibility index (Phi) is 2.57. The molecule has 72 valence electrons. The number of aromatic amines is 1. The quantitative estimate of drug-likeness (QED) is 0.741. The first-order valence-electron chi connectivity index (χ1n) is 4.36. The van der Waals surface area contributed by atoms with Crippen molar-refractivity contribution >= 4 is 12.2 Å². The molecule has 0 radical (unpaired) electrons. The van der Waals surface area contributed by atoms with Gasteiger partial charge in [-0.25, -0.2) is 4.98 Å². The van der Waals surface area contributed by atoms with Crippen molar-refractivity contribution in [1.29, 1.82) is 5.26 Å². The Morgan fingerprint density at radius 1 is 1.27 bits per heavy atom. The zero-order valence-electron chi connectivity index (χ0n) is 7.77. The Morgan fingerprint density at radius 2 is 2.00 bits per heavy atom. The number of rotatable bonds is 1. The first-order chi connectivity index (χ1) is 7.31. The molecule has 0 aliphatic heterocycles. The molecule has 0 saturated carbocycles. The third-order valence-electron chi connectivity index (χ3n) is 1.98. The zero-order chi connectivity index (χ0) is 10.7. The maximum Gasteiger partial charge on any atom is 0.175 e. The number of benzene rings is 1. The van der Waals surface area contributed by atoms with E-state index in [1.54, 1.807) is 6.20 Å². The molecule has 1 heterocycles. The van der Waals surface area contributed by atoms with Crippen molar-refractivity contribution in [1.82, 2.24) is 9.97 Å².